The lowest BCUT2D eigenvalue weighted by Crippen LogP contribution is -2.05. The maximum absolute atomic E-state index is 12.7. The van der Waals surface area contributed by atoms with Crippen LogP contribution in [0.2, 0.25) is 0 Å². The second kappa shape index (κ2) is 8.97. The average molecular weight is 416 g/mol. The van der Waals surface area contributed by atoms with Gasteiger partial charge in [0.2, 0.25) is 0 Å². The van der Waals surface area contributed by atoms with E-state index in [4.69, 9.17) is 4.74 Å². The molecule has 6 heteroatoms. The smallest absolute Gasteiger partial charge is 0.196 e. The standard InChI is InChI=1S/C24H21N3O2S/c1-17-8-10-19(11-9-17)23-25-26-24(27(23)20-6-4-3-5-7-20)30-16-22(28)18-12-14-21(29-2)15-13-18/h3-15H,16H2,1-2H3. The number of para-hydroxylation sites is 1. The molecule has 4 rings (SSSR count). The number of carbonyl (C=O) groups is 1. The SMILES string of the molecule is COc1ccc(C(=O)CSc2nnc(-c3ccc(C)cc3)n2-c2ccccc2)cc1. The van der Waals surface area contributed by atoms with E-state index >= 15 is 0 Å². The number of aryl methyl sites for hydroxylation is 1. The molecule has 0 fully saturated rings. The number of hydrogen-bond donors (Lipinski definition) is 0. The number of ketones is 1. The molecule has 0 unspecified atom stereocenters. The molecule has 0 radical (unpaired) electrons. The minimum absolute atomic E-state index is 0.0298. The molecule has 0 aliphatic carbocycles. The highest BCUT2D eigenvalue weighted by Crippen LogP contribution is 2.28. The van der Waals surface area contributed by atoms with Gasteiger partial charge in [-0.3, -0.25) is 9.36 Å². The fraction of sp³-hybridized carbons (Fsp3) is 0.125. The second-order valence-corrected chi connectivity index (χ2v) is 7.73. The molecule has 0 spiro atoms. The molecular weight excluding hydrogens is 394 g/mol. The van der Waals surface area contributed by atoms with Gasteiger partial charge in [0.25, 0.3) is 0 Å². The average Bonchev–Trinajstić information content (AvgIpc) is 3.22. The number of nitrogens with zero attached hydrogens (tertiary/aromatic N) is 3. The van der Waals surface area contributed by atoms with Gasteiger partial charge in [-0.2, -0.15) is 0 Å². The summed E-state index contributed by atoms with van der Waals surface area (Å²) in [6, 6.07) is 25.3. The highest BCUT2D eigenvalue weighted by atomic mass is 32.2. The Labute approximate surface area is 179 Å². The largest absolute Gasteiger partial charge is 0.497 e. The zero-order valence-corrected chi connectivity index (χ0v) is 17.6. The van der Waals surface area contributed by atoms with Crippen molar-refractivity contribution in [2.45, 2.75) is 12.1 Å². The third-order valence-corrected chi connectivity index (χ3v) is 5.63. The summed E-state index contributed by atoms with van der Waals surface area (Å²) in [5.41, 5.74) is 3.76. The number of hydrogen-bond acceptors (Lipinski definition) is 5. The van der Waals surface area contributed by atoms with Gasteiger partial charge in [-0.05, 0) is 43.3 Å². The summed E-state index contributed by atoms with van der Waals surface area (Å²) in [4.78, 5) is 12.7. The van der Waals surface area contributed by atoms with Gasteiger partial charge < -0.3 is 4.74 Å². The van der Waals surface area contributed by atoms with Gasteiger partial charge in [-0.1, -0.05) is 59.8 Å². The van der Waals surface area contributed by atoms with Gasteiger partial charge in [0.1, 0.15) is 5.75 Å². The Kier molecular flexibility index (Phi) is 5.95. The first-order valence-corrected chi connectivity index (χ1v) is 10.5. The van der Waals surface area contributed by atoms with Crippen LogP contribution in [0.15, 0.2) is 84.0 Å². The van der Waals surface area contributed by atoms with E-state index in [1.807, 2.05) is 47.0 Å². The van der Waals surface area contributed by atoms with Gasteiger partial charge in [0, 0.05) is 16.8 Å². The topological polar surface area (TPSA) is 57.0 Å². The molecule has 1 heterocycles. The molecule has 150 valence electrons. The Balaban J connectivity index is 1.62. The Bertz CT molecular complexity index is 1140. The van der Waals surface area contributed by atoms with Crippen LogP contribution < -0.4 is 4.74 Å². The van der Waals surface area contributed by atoms with Crippen LogP contribution in [0.1, 0.15) is 15.9 Å². The van der Waals surface area contributed by atoms with Gasteiger partial charge in [0.05, 0.1) is 12.9 Å². The van der Waals surface area contributed by atoms with Crippen LogP contribution in [-0.4, -0.2) is 33.4 Å². The fourth-order valence-electron chi connectivity index (χ4n) is 3.05. The summed E-state index contributed by atoms with van der Waals surface area (Å²) in [5.74, 6) is 1.78. The van der Waals surface area contributed by atoms with E-state index < -0.39 is 0 Å². The Morgan fingerprint density at radius 2 is 1.63 bits per heavy atom. The van der Waals surface area contributed by atoms with E-state index in [9.17, 15) is 4.79 Å². The maximum Gasteiger partial charge on any atom is 0.196 e. The van der Waals surface area contributed by atoms with Gasteiger partial charge in [0.15, 0.2) is 16.8 Å². The molecule has 0 N–H and O–H groups in total. The summed E-state index contributed by atoms with van der Waals surface area (Å²) in [6.45, 7) is 2.05. The van der Waals surface area contributed by atoms with Crippen molar-refractivity contribution < 1.29 is 9.53 Å². The zero-order chi connectivity index (χ0) is 20.9. The van der Waals surface area contributed by atoms with Gasteiger partial charge >= 0.3 is 0 Å². The van der Waals surface area contributed by atoms with Crippen molar-refractivity contribution >= 4 is 17.5 Å². The van der Waals surface area contributed by atoms with Crippen molar-refractivity contribution in [3.8, 4) is 22.8 Å². The quantitative estimate of drug-likeness (QED) is 0.306. The summed E-state index contributed by atoms with van der Waals surface area (Å²) < 4.78 is 7.15. The van der Waals surface area contributed by atoms with Crippen LogP contribution in [0.3, 0.4) is 0 Å². The maximum atomic E-state index is 12.7. The van der Waals surface area contributed by atoms with Gasteiger partial charge in [-0.25, -0.2) is 0 Å². The number of rotatable bonds is 7. The second-order valence-electron chi connectivity index (χ2n) is 6.78. The van der Waals surface area contributed by atoms with E-state index in [0.29, 0.717) is 10.7 Å². The number of Topliss-reactive ketones (excluding diaryl/α,β-unsaturated/α-hetero) is 1. The number of carbonyl (C=O) groups excluding carboxylic acids is 1. The number of thioether (sulfide) groups is 1. The molecule has 0 bridgehead atoms. The zero-order valence-electron chi connectivity index (χ0n) is 16.8. The fourth-order valence-corrected chi connectivity index (χ4v) is 3.90. The molecule has 4 aromatic rings. The molecule has 0 aliphatic rings. The van der Waals surface area contributed by atoms with Crippen molar-refractivity contribution in [1.29, 1.82) is 0 Å². The Hall–Kier alpha value is -3.38. The monoisotopic (exact) mass is 415 g/mol. The molecule has 0 saturated carbocycles. The van der Waals surface area contributed by atoms with Crippen LogP contribution in [0.4, 0.5) is 0 Å². The highest BCUT2D eigenvalue weighted by molar-refractivity contribution is 7.99. The molecule has 0 atom stereocenters. The van der Waals surface area contributed by atoms with E-state index in [-0.39, 0.29) is 11.5 Å². The highest BCUT2D eigenvalue weighted by Gasteiger charge is 2.17. The lowest BCUT2D eigenvalue weighted by Gasteiger charge is -2.10. The van der Waals surface area contributed by atoms with Crippen LogP contribution in [0.25, 0.3) is 17.1 Å². The number of ether oxygens (including phenoxy) is 1. The predicted molar refractivity (Wildman–Crippen MR) is 120 cm³/mol. The van der Waals surface area contributed by atoms with Crippen LogP contribution >= 0.6 is 11.8 Å². The van der Waals surface area contributed by atoms with E-state index in [1.165, 1.54) is 17.3 Å². The molecule has 0 saturated heterocycles. The number of methoxy groups -OCH3 is 1. The third kappa shape index (κ3) is 4.28. The van der Waals surface area contributed by atoms with Crippen LogP contribution in [0, 0.1) is 6.92 Å². The summed E-state index contributed by atoms with van der Waals surface area (Å²) in [5, 5.41) is 9.50. The van der Waals surface area contributed by atoms with Crippen LogP contribution in [-0.2, 0) is 0 Å². The lowest BCUT2D eigenvalue weighted by atomic mass is 10.1. The molecule has 0 aliphatic heterocycles. The van der Waals surface area contributed by atoms with E-state index in [1.54, 1.807) is 31.4 Å². The summed E-state index contributed by atoms with van der Waals surface area (Å²) in [6.07, 6.45) is 0. The normalized spacial score (nSPS) is 10.7. The van der Waals surface area contributed by atoms with Gasteiger partial charge in [-0.15, -0.1) is 10.2 Å². The molecule has 5 nitrogen and oxygen atoms in total. The van der Waals surface area contributed by atoms with Crippen molar-refractivity contribution in [3.63, 3.8) is 0 Å². The minimum atomic E-state index is 0.0298. The lowest BCUT2D eigenvalue weighted by molar-refractivity contribution is 0.102. The summed E-state index contributed by atoms with van der Waals surface area (Å²) in [7, 11) is 1.61. The molecule has 1 aromatic heterocycles. The third-order valence-electron chi connectivity index (χ3n) is 4.70. The number of aromatic nitrogens is 3. The predicted octanol–water partition coefficient (Wildman–Crippen LogP) is 5.23. The molecule has 3 aromatic carbocycles. The minimum Gasteiger partial charge on any atom is -0.497 e. The van der Waals surface area contributed by atoms with E-state index in [2.05, 4.69) is 29.3 Å². The van der Waals surface area contributed by atoms with Crippen LogP contribution in [0.5, 0.6) is 5.75 Å². The first-order valence-electron chi connectivity index (χ1n) is 9.53. The van der Waals surface area contributed by atoms with E-state index in [0.717, 1.165) is 22.8 Å². The van der Waals surface area contributed by atoms with Crippen molar-refractivity contribution in [1.82, 2.24) is 14.8 Å². The Morgan fingerprint density at radius 3 is 2.30 bits per heavy atom. The van der Waals surface area contributed by atoms with Crippen molar-refractivity contribution in [2.24, 2.45) is 0 Å². The molecular formula is C24H21N3O2S. The summed E-state index contributed by atoms with van der Waals surface area (Å²) >= 11 is 1.38. The first kappa shape index (κ1) is 19.9. The molecule has 0 amide bonds. The molecule has 30 heavy (non-hydrogen) atoms. The van der Waals surface area contributed by atoms with Crippen molar-refractivity contribution in [3.05, 3.63) is 90.0 Å². The van der Waals surface area contributed by atoms with Crippen molar-refractivity contribution in [2.75, 3.05) is 12.9 Å². The first-order chi connectivity index (χ1) is 14.7. The number of benzene rings is 3. The Morgan fingerprint density at radius 1 is 0.933 bits per heavy atom.